The molecule has 32 heavy (non-hydrogen) atoms. The summed E-state index contributed by atoms with van der Waals surface area (Å²) in [7, 11) is 1.63. The number of esters is 1. The van der Waals surface area contributed by atoms with Gasteiger partial charge in [-0.1, -0.05) is 12.1 Å². The van der Waals surface area contributed by atoms with E-state index in [2.05, 4.69) is 4.98 Å². The van der Waals surface area contributed by atoms with Crippen molar-refractivity contribution in [3.8, 4) is 38.3 Å². The van der Waals surface area contributed by atoms with Gasteiger partial charge < -0.3 is 18.9 Å². The summed E-state index contributed by atoms with van der Waals surface area (Å²) in [6, 6.07) is 17.2. The van der Waals surface area contributed by atoms with Crippen LogP contribution in [0.5, 0.6) is 17.2 Å². The fourth-order valence-electron chi connectivity index (χ4n) is 3.33. The normalized spacial score (nSPS) is 12.4. The number of aromatic nitrogens is 1. The molecule has 0 saturated heterocycles. The van der Waals surface area contributed by atoms with Crippen LogP contribution in [0.25, 0.3) is 21.0 Å². The van der Waals surface area contributed by atoms with Crippen molar-refractivity contribution in [1.29, 1.82) is 0 Å². The molecule has 4 aromatic rings. The second-order valence-corrected chi connectivity index (χ2v) is 8.88. The molecule has 0 bridgehead atoms. The highest BCUT2D eigenvalue weighted by Crippen LogP contribution is 2.37. The number of para-hydroxylation sites is 1. The summed E-state index contributed by atoms with van der Waals surface area (Å²) >= 11 is 2.87. The molecule has 162 valence electrons. The van der Waals surface area contributed by atoms with Gasteiger partial charge in [-0.25, -0.2) is 9.78 Å². The van der Waals surface area contributed by atoms with Gasteiger partial charge in [0.2, 0.25) is 0 Å². The smallest absolute Gasteiger partial charge is 0.348 e. The molecule has 0 atom stereocenters. The predicted molar refractivity (Wildman–Crippen MR) is 124 cm³/mol. The van der Waals surface area contributed by atoms with Crippen LogP contribution >= 0.6 is 22.7 Å². The molecule has 1 aliphatic rings. The fraction of sp³-hybridized carbons (Fsp3) is 0.167. The Morgan fingerprint density at radius 1 is 1.06 bits per heavy atom. The lowest BCUT2D eigenvalue weighted by molar-refractivity contribution is 0.0474. The molecule has 0 fully saturated rings. The minimum Gasteiger partial charge on any atom is -0.496 e. The molecule has 2 aromatic heterocycles. The molecule has 3 heterocycles. The first-order valence-electron chi connectivity index (χ1n) is 9.96. The van der Waals surface area contributed by atoms with Gasteiger partial charge >= 0.3 is 5.97 Å². The van der Waals surface area contributed by atoms with Crippen LogP contribution in [0.15, 0.2) is 60.0 Å². The highest BCUT2D eigenvalue weighted by Gasteiger charge is 2.17. The zero-order valence-electron chi connectivity index (χ0n) is 17.2. The number of ether oxygens (including phenoxy) is 4. The predicted octanol–water partition coefficient (Wildman–Crippen LogP) is 5.68. The standard InChI is InChI=1S/C24H19NO5S2/c1-27-18-5-3-2-4-17(18)23-25-16(14-31-23)13-30-24(26)22-9-8-21(32-22)15-6-7-19-20(12-15)29-11-10-28-19/h2-9,12,14H,10-11,13H2,1H3. The Morgan fingerprint density at radius 2 is 1.91 bits per heavy atom. The van der Waals surface area contributed by atoms with Gasteiger partial charge in [0.1, 0.15) is 35.5 Å². The van der Waals surface area contributed by atoms with Crippen LogP contribution in [0.2, 0.25) is 0 Å². The van der Waals surface area contributed by atoms with Crippen molar-refractivity contribution in [2.24, 2.45) is 0 Å². The average Bonchev–Trinajstić information content (AvgIpc) is 3.52. The molecule has 0 saturated carbocycles. The minimum atomic E-state index is -0.370. The Hall–Kier alpha value is -3.36. The lowest BCUT2D eigenvalue weighted by Gasteiger charge is -2.18. The van der Waals surface area contributed by atoms with E-state index >= 15 is 0 Å². The Labute approximate surface area is 193 Å². The summed E-state index contributed by atoms with van der Waals surface area (Å²) in [5, 5.41) is 2.72. The van der Waals surface area contributed by atoms with Crippen molar-refractivity contribution in [3.05, 3.63) is 70.5 Å². The Bertz CT molecular complexity index is 1260. The zero-order chi connectivity index (χ0) is 21.9. The van der Waals surface area contributed by atoms with Crippen LogP contribution in [-0.2, 0) is 11.3 Å². The highest BCUT2D eigenvalue weighted by atomic mass is 32.1. The molecular weight excluding hydrogens is 446 g/mol. The van der Waals surface area contributed by atoms with Crippen LogP contribution in [0, 0.1) is 0 Å². The molecule has 0 unspecified atom stereocenters. The maximum absolute atomic E-state index is 12.6. The minimum absolute atomic E-state index is 0.113. The molecule has 6 nitrogen and oxygen atoms in total. The van der Waals surface area contributed by atoms with E-state index in [0.29, 0.717) is 23.8 Å². The number of nitrogens with zero attached hydrogens (tertiary/aromatic N) is 1. The van der Waals surface area contributed by atoms with Crippen LogP contribution < -0.4 is 14.2 Å². The lowest BCUT2D eigenvalue weighted by Crippen LogP contribution is -2.15. The van der Waals surface area contributed by atoms with Gasteiger partial charge in [0, 0.05) is 10.3 Å². The van der Waals surface area contributed by atoms with Gasteiger partial charge in [-0.05, 0) is 48.0 Å². The third kappa shape index (κ3) is 4.19. The number of thiophene rings is 1. The molecule has 8 heteroatoms. The quantitative estimate of drug-likeness (QED) is 0.342. The summed E-state index contributed by atoms with van der Waals surface area (Å²) < 4.78 is 22.1. The molecule has 5 rings (SSSR count). The molecule has 0 spiro atoms. The number of rotatable bonds is 6. The van der Waals surface area contributed by atoms with Crippen LogP contribution in [0.3, 0.4) is 0 Å². The van der Waals surface area contributed by atoms with E-state index in [4.69, 9.17) is 18.9 Å². The van der Waals surface area contributed by atoms with Crippen molar-refractivity contribution in [2.75, 3.05) is 20.3 Å². The van der Waals surface area contributed by atoms with Crippen LogP contribution in [-0.4, -0.2) is 31.3 Å². The van der Waals surface area contributed by atoms with Gasteiger partial charge in [-0.2, -0.15) is 0 Å². The summed E-state index contributed by atoms with van der Waals surface area (Å²) in [4.78, 5) is 18.7. The summed E-state index contributed by atoms with van der Waals surface area (Å²) in [6.45, 7) is 1.20. The number of carbonyl (C=O) groups is 1. The molecule has 0 N–H and O–H groups in total. The average molecular weight is 466 g/mol. The van der Waals surface area contributed by atoms with E-state index < -0.39 is 0 Å². The molecule has 1 aliphatic heterocycles. The number of carbonyl (C=O) groups excluding carboxylic acids is 1. The van der Waals surface area contributed by atoms with Crippen LogP contribution in [0.4, 0.5) is 0 Å². The van der Waals surface area contributed by atoms with Gasteiger partial charge in [-0.15, -0.1) is 22.7 Å². The topological polar surface area (TPSA) is 66.9 Å². The van der Waals surface area contributed by atoms with Gasteiger partial charge in [-0.3, -0.25) is 0 Å². The summed E-state index contributed by atoms with van der Waals surface area (Å²) in [5.41, 5.74) is 2.59. The van der Waals surface area contributed by atoms with Gasteiger partial charge in [0.05, 0.1) is 18.4 Å². The van der Waals surface area contributed by atoms with Crippen molar-refractivity contribution < 1.29 is 23.7 Å². The molecular formula is C24H19NO5S2. The maximum Gasteiger partial charge on any atom is 0.348 e. The number of methoxy groups -OCH3 is 1. The summed E-state index contributed by atoms with van der Waals surface area (Å²) in [6.07, 6.45) is 0. The summed E-state index contributed by atoms with van der Waals surface area (Å²) in [5.74, 6) is 1.86. The van der Waals surface area contributed by atoms with Gasteiger partial charge in [0.15, 0.2) is 11.5 Å². The van der Waals surface area contributed by atoms with Crippen molar-refractivity contribution >= 4 is 28.6 Å². The first-order chi connectivity index (χ1) is 15.7. The molecule has 0 aliphatic carbocycles. The van der Waals surface area contributed by atoms with Crippen molar-refractivity contribution in [1.82, 2.24) is 4.98 Å². The number of benzene rings is 2. The Kier molecular flexibility index (Phi) is 5.79. The third-order valence-electron chi connectivity index (χ3n) is 4.87. The van der Waals surface area contributed by atoms with Gasteiger partial charge in [0.25, 0.3) is 0 Å². The number of hydrogen-bond acceptors (Lipinski definition) is 8. The molecule has 0 amide bonds. The Balaban J connectivity index is 1.25. The third-order valence-corrected chi connectivity index (χ3v) is 6.91. The van der Waals surface area contributed by atoms with E-state index in [1.165, 1.54) is 22.7 Å². The SMILES string of the molecule is COc1ccccc1-c1nc(COC(=O)c2ccc(-c3ccc4c(c3)OCCO4)s2)cs1. The lowest BCUT2D eigenvalue weighted by atomic mass is 10.1. The van der Waals surface area contributed by atoms with Crippen LogP contribution in [0.1, 0.15) is 15.4 Å². The molecule has 0 radical (unpaired) electrons. The molecule has 2 aromatic carbocycles. The second-order valence-electron chi connectivity index (χ2n) is 6.94. The van der Waals surface area contributed by atoms with Crippen molar-refractivity contribution in [3.63, 3.8) is 0 Å². The Morgan fingerprint density at radius 3 is 2.78 bits per heavy atom. The van der Waals surface area contributed by atoms with E-state index in [1.807, 2.05) is 53.9 Å². The first kappa shape index (κ1) is 20.5. The second kappa shape index (κ2) is 9.02. The van der Waals surface area contributed by atoms with E-state index in [9.17, 15) is 4.79 Å². The van der Waals surface area contributed by atoms with E-state index in [-0.39, 0.29) is 12.6 Å². The number of hydrogen-bond donors (Lipinski definition) is 0. The highest BCUT2D eigenvalue weighted by molar-refractivity contribution is 7.17. The maximum atomic E-state index is 12.6. The number of thiazole rings is 1. The first-order valence-corrected chi connectivity index (χ1v) is 11.7. The monoisotopic (exact) mass is 465 g/mol. The van der Waals surface area contributed by atoms with Crippen molar-refractivity contribution in [2.45, 2.75) is 6.61 Å². The fourth-order valence-corrected chi connectivity index (χ4v) is 5.06. The van der Waals surface area contributed by atoms with E-state index in [1.54, 1.807) is 13.2 Å². The zero-order valence-corrected chi connectivity index (χ0v) is 18.8. The van der Waals surface area contributed by atoms with E-state index in [0.717, 1.165) is 38.3 Å². The largest absolute Gasteiger partial charge is 0.496 e. The number of fused-ring (bicyclic) bond motifs is 1.